The first-order valence-electron chi connectivity index (χ1n) is 8.01. The zero-order valence-electron chi connectivity index (χ0n) is 12.9. The van der Waals surface area contributed by atoms with Crippen LogP contribution in [-0.2, 0) is 25.8 Å². The van der Waals surface area contributed by atoms with Gasteiger partial charge in [-0.2, -0.15) is 9.64 Å². The summed E-state index contributed by atoms with van der Waals surface area (Å²) >= 11 is 1.46. The van der Waals surface area contributed by atoms with Gasteiger partial charge < -0.3 is 4.90 Å². The molecule has 0 spiro atoms. The van der Waals surface area contributed by atoms with Gasteiger partial charge in [0.15, 0.2) is 0 Å². The van der Waals surface area contributed by atoms with E-state index in [1.54, 1.807) is 11.1 Å². The predicted octanol–water partition coefficient (Wildman–Crippen LogP) is 3.76. The summed E-state index contributed by atoms with van der Waals surface area (Å²) in [6, 6.07) is 7.20. The lowest BCUT2D eigenvalue weighted by molar-refractivity contribution is 0.673. The van der Waals surface area contributed by atoms with Crippen LogP contribution in [0.2, 0.25) is 0 Å². The highest BCUT2D eigenvalue weighted by molar-refractivity contribution is 7.10. The van der Waals surface area contributed by atoms with Crippen LogP contribution in [0, 0.1) is 18.3 Å². The highest BCUT2D eigenvalue weighted by atomic mass is 32.1. The molecule has 1 aliphatic carbocycles. The zero-order chi connectivity index (χ0) is 15.1. The van der Waals surface area contributed by atoms with Crippen LogP contribution in [0.15, 0.2) is 12.1 Å². The standard InChI is InChI=1S/C18H19N3S/c1-12-17(10-19)18(22-20-12)21-7-6-15-8-13-4-2-3-5-14(13)9-16(15)11-21/h8-9H,2-7,11H2,1H3. The second-order valence-corrected chi connectivity index (χ2v) is 7.08. The van der Waals surface area contributed by atoms with Crippen LogP contribution in [-0.4, -0.2) is 10.9 Å². The summed E-state index contributed by atoms with van der Waals surface area (Å²) in [4.78, 5) is 2.33. The van der Waals surface area contributed by atoms with Crippen LogP contribution < -0.4 is 4.90 Å². The number of rotatable bonds is 1. The molecule has 22 heavy (non-hydrogen) atoms. The van der Waals surface area contributed by atoms with Gasteiger partial charge in [0.05, 0.1) is 5.69 Å². The number of nitriles is 1. The van der Waals surface area contributed by atoms with Gasteiger partial charge in [0, 0.05) is 13.1 Å². The van der Waals surface area contributed by atoms with E-state index in [0.29, 0.717) is 0 Å². The number of benzene rings is 1. The van der Waals surface area contributed by atoms with Crippen LogP contribution in [0.3, 0.4) is 0 Å². The molecule has 0 atom stereocenters. The summed E-state index contributed by atoms with van der Waals surface area (Å²) in [6.45, 7) is 3.83. The third kappa shape index (κ3) is 2.21. The Kier molecular flexibility index (Phi) is 3.38. The highest BCUT2D eigenvalue weighted by Crippen LogP contribution is 2.34. The summed E-state index contributed by atoms with van der Waals surface area (Å²) in [5, 5.41) is 10.4. The molecule has 2 aromatic rings. The molecule has 0 radical (unpaired) electrons. The Bertz CT molecular complexity index is 769. The van der Waals surface area contributed by atoms with Crippen molar-refractivity contribution >= 4 is 16.5 Å². The molecule has 0 N–H and O–H groups in total. The van der Waals surface area contributed by atoms with Crippen LogP contribution in [0.1, 0.15) is 46.4 Å². The van der Waals surface area contributed by atoms with E-state index in [-0.39, 0.29) is 0 Å². The van der Waals surface area contributed by atoms with Crippen LogP contribution >= 0.6 is 11.5 Å². The van der Waals surface area contributed by atoms with E-state index in [2.05, 4.69) is 27.5 Å². The lowest BCUT2D eigenvalue weighted by atomic mass is 9.86. The van der Waals surface area contributed by atoms with Gasteiger partial charge in [0.25, 0.3) is 0 Å². The summed E-state index contributed by atoms with van der Waals surface area (Å²) in [5.41, 5.74) is 7.70. The van der Waals surface area contributed by atoms with Crippen LogP contribution in [0.25, 0.3) is 0 Å². The number of hydrogen-bond acceptors (Lipinski definition) is 4. The molecule has 0 unspecified atom stereocenters. The molecular weight excluding hydrogens is 290 g/mol. The van der Waals surface area contributed by atoms with Gasteiger partial charge in [-0.3, -0.25) is 0 Å². The SMILES string of the molecule is Cc1nsc(N2CCc3cc4c(cc3C2)CCCC4)c1C#N. The minimum absolute atomic E-state index is 0.756. The van der Waals surface area contributed by atoms with Crippen LogP contribution in [0.4, 0.5) is 5.00 Å². The smallest absolute Gasteiger partial charge is 0.130 e. The summed E-state index contributed by atoms with van der Waals surface area (Å²) in [7, 11) is 0. The third-order valence-electron chi connectivity index (χ3n) is 4.92. The zero-order valence-corrected chi connectivity index (χ0v) is 13.7. The molecule has 2 aliphatic rings. The minimum atomic E-state index is 0.756. The fraction of sp³-hybridized carbons (Fsp3) is 0.444. The Morgan fingerprint density at radius 1 is 1.09 bits per heavy atom. The van der Waals surface area contributed by atoms with Crippen molar-refractivity contribution in [2.24, 2.45) is 0 Å². The number of aryl methyl sites for hydroxylation is 3. The molecule has 2 heterocycles. The van der Waals surface area contributed by atoms with Gasteiger partial charge >= 0.3 is 0 Å². The molecule has 0 saturated carbocycles. The molecule has 0 amide bonds. The van der Waals surface area contributed by atoms with Crippen molar-refractivity contribution in [3.05, 3.63) is 45.6 Å². The van der Waals surface area contributed by atoms with Crippen molar-refractivity contribution in [2.45, 2.75) is 45.6 Å². The molecule has 3 nitrogen and oxygen atoms in total. The normalized spacial score (nSPS) is 16.8. The Morgan fingerprint density at radius 2 is 1.77 bits per heavy atom. The minimum Gasteiger partial charge on any atom is -0.356 e. The lowest BCUT2D eigenvalue weighted by Gasteiger charge is -2.31. The maximum absolute atomic E-state index is 9.36. The molecule has 4 rings (SSSR count). The maximum atomic E-state index is 9.36. The highest BCUT2D eigenvalue weighted by Gasteiger charge is 2.23. The van der Waals surface area contributed by atoms with Gasteiger partial charge in [-0.25, -0.2) is 0 Å². The molecule has 1 aromatic heterocycles. The maximum Gasteiger partial charge on any atom is 0.130 e. The number of hydrogen-bond donors (Lipinski definition) is 0. The van der Waals surface area contributed by atoms with Gasteiger partial charge in [-0.15, -0.1) is 0 Å². The Labute approximate surface area is 135 Å². The Balaban J connectivity index is 1.68. The average Bonchev–Trinajstić information content (AvgIpc) is 2.93. The predicted molar refractivity (Wildman–Crippen MR) is 89.4 cm³/mol. The van der Waals surface area contributed by atoms with E-state index in [0.717, 1.165) is 35.8 Å². The van der Waals surface area contributed by atoms with Gasteiger partial charge in [-0.1, -0.05) is 12.1 Å². The fourth-order valence-corrected chi connectivity index (χ4v) is 4.55. The van der Waals surface area contributed by atoms with Gasteiger partial charge in [-0.05, 0) is 72.8 Å². The van der Waals surface area contributed by atoms with E-state index >= 15 is 0 Å². The Morgan fingerprint density at radius 3 is 2.50 bits per heavy atom. The van der Waals surface area contributed by atoms with E-state index in [1.807, 2.05) is 6.92 Å². The van der Waals surface area contributed by atoms with Crippen molar-refractivity contribution in [3.63, 3.8) is 0 Å². The molecular formula is C18H19N3S. The van der Waals surface area contributed by atoms with E-state index in [4.69, 9.17) is 0 Å². The summed E-state index contributed by atoms with van der Waals surface area (Å²) < 4.78 is 4.37. The molecule has 4 heteroatoms. The van der Waals surface area contributed by atoms with Crippen molar-refractivity contribution in [3.8, 4) is 6.07 Å². The largest absolute Gasteiger partial charge is 0.356 e. The van der Waals surface area contributed by atoms with Crippen molar-refractivity contribution < 1.29 is 0 Å². The monoisotopic (exact) mass is 309 g/mol. The first-order chi connectivity index (χ1) is 10.8. The molecule has 1 aliphatic heterocycles. The Hall–Kier alpha value is -1.86. The molecule has 0 saturated heterocycles. The van der Waals surface area contributed by atoms with Crippen molar-refractivity contribution in [1.29, 1.82) is 5.26 Å². The average molecular weight is 309 g/mol. The lowest BCUT2D eigenvalue weighted by Crippen LogP contribution is -2.30. The van der Waals surface area contributed by atoms with E-state index < -0.39 is 0 Å². The first-order valence-corrected chi connectivity index (χ1v) is 8.78. The molecule has 1 aromatic carbocycles. The molecule has 0 bridgehead atoms. The molecule has 0 fully saturated rings. The quantitative estimate of drug-likeness (QED) is 0.805. The second-order valence-electron chi connectivity index (χ2n) is 6.33. The second kappa shape index (κ2) is 5.40. The van der Waals surface area contributed by atoms with E-state index in [1.165, 1.54) is 48.3 Å². The van der Waals surface area contributed by atoms with Crippen molar-refractivity contribution in [1.82, 2.24) is 4.37 Å². The van der Waals surface area contributed by atoms with Gasteiger partial charge in [0.2, 0.25) is 0 Å². The fourth-order valence-electron chi connectivity index (χ4n) is 3.68. The molecule has 112 valence electrons. The number of nitrogens with zero attached hydrogens (tertiary/aromatic N) is 3. The topological polar surface area (TPSA) is 39.9 Å². The van der Waals surface area contributed by atoms with Gasteiger partial charge in [0.1, 0.15) is 16.6 Å². The number of anilines is 1. The summed E-state index contributed by atoms with van der Waals surface area (Å²) in [5.74, 6) is 0. The first kappa shape index (κ1) is 13.8. The van der Waals surface area contributed by atoms with E-state index in [9.17, 15) is 5.26 Å². The summed E-state index contributed by atoms with van der Waals surface area (Å²) in [6.07, 6.45) is 6.21. The third-order valence-corrected chi connectivity index (χ3v) is 5.92. The van der Waals surface area contributed by atoms with Crippen LogP contribution in [0.5, 0.6) is 0 Å². The van der Waals surface area contributed by atoms with Crippen molar-refractivity contribution in [2.75, 3.05) is 11.4 Å². The number of fused-ring (bicyclic) bond motifs is 2. The number of aromatic nitrogens is 1.